The molecule has 3 heterocycles. The molecule has 1 aromatic heterocycles. The predicted octanol–water partition coefficient (Wildman–Crippen LogP) is 2.92. The second kappa shape index (κ2) is 10.00. The van der Waals surface area contributed by atoms with Crippen LogP contribution in [-0.2, 0) is 23.0 Å². The van der Waals surface area contributed by atoms with Crippen LogP contribution in [0.1, 0.15) is 11.3 Å². The normalized spacial score (nSPS) is 17.0. The lowest BCUT2D eigenvalue weighted by Gasteiger charge is -2.34. The number of sulfonamides is 1. The number of aromatic nitrogens is 2. The van der Waals surface area contributed by atoms with E-state index in [0.717, 1.165) is 44.0 Å². The van der Waals surface area contributed by atoms with Crippen LogP contribution in [0, 0.1) is 5.82 Å². The summed E-state index contributed by atoms with van der Waals surface area (Å²) >= 11 is 0. The van der Waals surface area contributed by atoms with Gasteiger partial charge in [-0.3, -0.25) is 0 Å². The van der Waals surface area contributed by atoms with Crippen molar-refractivity contribution in [1.29, 1.82) is 0 Å². The first-order valence-corrected chi connectivity index (χ1v) is 13.2. The lowest BCUT2D eigenvalue weighted by molar-refractivity contribution is 0.309. The van der Waals surface area contributed by atoms with Crippen LogP contribution in [0.2, 0.25) is 0 Å². The number of piperazine rings is 1. The van der Waals surface area contributed by atoms with E-state index in [1.54, 1.807) is 19.2 Å². The quantitative estimate of drug-likeness (QED) is 0.497. The number of rotatable bonds is 6. The number of nitrogens with zero attached hydrogens (tertiary/aromatic N) is 5. The number of hydrogen-bond donors (Lipinski definition) is 0. The molecule has 0 spiro atoms. The highest BCUT2D eigenvalue weighted by molar-refractivity contribution is 7.89. The molecule has 190 valence electrons. The summed E-state index contributed by atoms with van der Waals surface area (Å²) in [5.74, 6) is 1.40. The summed E-state index contributed by atoms with van der Waals surface area (Å²) in [4.78, 5) is 14.0. The zero-order valence-corrected chi connectivity index (χ0v) is 21.0. The van der Waals surface area contributed by atoms with Crippen LogP contribution in [0.4, 0.5) is 10.3 Å². The summed E-state index contributed by atoms with van der Waals surface area (Å²) in [5.41, 5.74) is 1.37. The topological polar surface area (TPSA) is 88.1 Å². The number of methoxy groups -OCH3 is 1. The molecule has 2 aromatic carbocycles. The minimum atomic E-state index is -3.85. The maximum atomic E-state index is 13.4. The number of likely N-dealkylation sites (N-methyl/N-ethyl adjacent to an activating group) is 1. The molecule has 9 nitrogen and oxygen atoms in total. The van der Waals surface area contributed by atoms with Crippen LogP contribution in [0.25, 0.3) is 0 Å². The zero-order valence-electron chi connectivity index (χ0n) is 20.2. The first-order valence-electron chi connectivity index (χ1n) is 11.7. The zero-order chi connectivity index (χ0) is 25.3. The van der Waals surface area contributed by atoms with E-state index >= 15 is 0 Å². The molecule has 2 aliphatic rings. The molecule has 0 N–H and O–H groups in total. The van der Waals surface area contributed by atoms with Crippen molar-refractivity contribution in [2.75, 3.05) is 51.8 Å². The molecule has 3 aromatic rings. The Kier molecular flexibility index (Phi) is 6.78. The molecule has 0 aliphatic carbocycles. The number of ether oxygens (including phenoxy) is 2. The van der Waals surface area contributed by atoms with Crippen LogP contribution in [0.3, 0.4) is 0 Å². The summed E-state index contributed by atoms with van der Waals surface area (Å²) in [6.07, 6.45) is 0.404. The smallest absolute Gasteiger partial charge is 0.243 e. The third-order valence-electron chi connectivity index (χ3n) is 6.49. The number of hydrogen-bond acceptors (Lipinski definition) is 8. The van der Waals surface area contributed by atoms with E-state index in [9.17, 15) is 12.8 Å². The van der Waals surface area contributed by atoms with E-state index in [1.807, 2.05) is 12.1 Å². The lowest BCUT2D eigenvalue weighted by Crippen LogP contribution is -2.45. The molecule has 36 heavy (non-hydrogen) atoms. The van der Waals surface area contributed by atoms with Gasteiger partial charge in [0, 0.05) is 45.7 Å². The standard InChI is InChI=1S/C25H28FN5O4S/c1-29-13-15-30(16-14-29)25-27-21-11-12-31(36(32,33)19-9-7-18(26)8-10-19)17-20(21)24(28-25)35-23-6-4-3-5-22(23)34-2/h3-10H,11-17H2,1-2H3. The molecule has 1 fully saturated rings. The maximum Gasteiger partial charge on any atom is 0.243 e. The Morgan fingerprint density at radius 2 is 1.61 bits per heavy atom. The Balaban J connectivity index is 1.52. The predicted molar refractivity (Wildman–Crippen MR) is 133 cm³/mol. The van der Waals surface area contributed by atoms with E-state index in [1.165, 1.54) is 16.4 Å². The van der Waals surface area contributed by atoms with Gasteiger partial charge in [-0.25, -0.2) is 17.8 Å². The van der Waals surface area contributed by atoms with Gasteiger partial charge in [0.05, 0.1) is 23.3 Å². The van der Waals surface area contributed by atoms with Gasteiger partial charge in [-0.15, -0.1) is 0 Å². The molecule has 2 aliphatic heterocycles. The van der Waals surface area contributed by atoms with Gasteiger partial charge in [0.2, 0.25) is 21.9 Å². The molecular weight excluding hydrogens is 485 g/mol. The summed E-state index contributed by atoms with van der Waals surface area (Å²) in [5, 5.41) is 0. The molecule has 0 atom stereocenters. The summed E-state index contributed by atoms with van der Waals surface area (Å²) in [6, 6.07) is 12.1. The van der Waals surface area contributed by atoms with Gasteiger partial charge in [0.25, 0.3) is 0 Å². The van der Waals surface area contributed by atoms with Gasteiger partial charge in [-0.2, -0.15) is 9.29 Å². The number of para-hydroxylation sites is 2. The average molecular weight is 514 g/mol. The third kappa shape index (κ3) is 4.86. The molecule has 0 amide bonds. The van der Waals surface area contributed by atoms with Crippen LogP contribution < -0.4 is 14.4 Å². The van der Waals surface area contributed by atoms with Crippen molar-refractivity contribution >= 4 is 16.0 Å². The molecule has 0 radical (unpaired) electrons. The van der Waals surface area contributed by atoms with Gasteiger partial charge in [-0.05, 0) is 43.4 Å². The van der Waals surface area contributed by atoms with Crippen molar-refractivity contribution in [3.05, 3.63) is 65.6 Å². The number of benzene rings is 2. The van der Waals surface area contributed by atoms with E-state index in [0.29, 0.717) is 35.3 Å². The van der Waals surface area contributed by atoms with Crippen molar-refractivity contribution in [3.8, 4) is 17.4 Å². The highest BCUT2D eigenvalue weighted by Crippen LogP contribution is 2.36. The van der Waals surface area contributed by atoms with Crippen LogP contribution in [0.5, 0.6) is 17.4 Å². The largest absolute Gasteiger partial charge is 0.493 e. The number of anilines is 1. The Labute approximate surface area is 210 Å². The van der Waals surface area contributed by atoms with Crippen molar-refractivity contribution < 1.29 is 22.3 Å². The molecule has 0 bridgehead atoms. The first kappa shape index (κ1) is 24.4. The second-order valence-electron chi connectivity index (χ2n) is 8.84. The minimum Gasteiger partial charge on any atom is -0.493 e. The highest BCUT2D eigenvalue weighted by atomic mass is 32.2. The van der Waals surface area contributed by atoms with Crippen molar-refractivity contribution in [1.82, 2.24) is 19.2 Å². The van der Waals surface area contributed by atoms with Crippen LogP contribution >= 0.6 is 0 Å². The van der Waals surface area contributed by atoms with Gasteiger partial charge in [0.1, 0.15) is 5.82 Å². The molecule has 11 heteroatoms. The van der Waals surface area contributed by atoms with Crippen molar-refractivity contribution in [2.45, 2.75) is 17.9 Å². The fraction of sp³-hybridized carbons (Fsp3) is 0.360. The van der Waals surface area contributed by atoms with E-state index in [-0.39, 0.29) is 18.0 Å². The number of fused-ring (bicyclic) bond motifs is 1. The molecule has 0 unspecified atom stereocenters. The summed E-state index contributed by atoms with van der Waals surface area (Å²) in [7, 11) is -0.205. The molecule has 5 rings (SSSR count). The Hall–Kier alpha value is -3.28. The second-order valence-corrected chi connectivity index (χ2v) is 10.8. The monoisotopic (exact) mass is 513 g/mol. The Morgan fingerprint density at radius 3 is 2.31 bits per heavy atom. The first-order chi connectivity index (χ1) is 17.3. The van der Waals surface area contributed by atoms with E-state index < -0.39 is 15.8 Å². The number of halogens is 1. The van der Waals surface area contributed by atoms with Gasteiger partial charge < -0.3 is 19.3 Å². The van der Waals surface area contributed by atoms with E-state index in [2.05, 4.69) is 16.8 Å². The SMILES string of the molecule is COc1ccccc1Oc1nc(N2CCN(C)CC2)nc2c1CN(S(=O)(=O)c1ccc(F)cc1)CC2. The van der Waals surface area contributed by atoms with Crippen LogP contribution in [-0.4, -0.2) is 74.5 Å². The fourth-order valence-electron chi connectivity index (χ4n) is 4.35. The van der Waals surface area contributed by atoms with Crippen molar-refractivity contribution in [2.24, 2.45) is 0 Å². The molecule has 0 saturated carbocycles. The lowest BCUT2D eigenvalue weighted by atomic mass is 10.1. The highest BCUT2D eigenvalue weighted by Gasteiger charge is 2.33. The average Bonchev–Trinajstić information content (AvgIpc) is 2.89. The molecular formula is C25H28FN5O4S. The Bertz CT molecular complexity index is 1350. The Morgan fingerprint density at radius 1 is 0.917 bits per heavy atom. The summed E-state index contributed by atoms with van der Waals surface area (Å²) < 4.78 is 53.1. The minimum absolute atomic E-state index is 0.0366. The maximum absolute atomic E-state index is 13.4. The fourth-order valence-corrected chi connectivity index (χ4v) is 5.76. The third-order valence-corrected chi connectivity index (χ3v) is 8.35. The molecule has 1 saturated heterocycles. The van der Waals surface area contributed by atoms with Gasteiger partial charge >= 0.3 is 0 Å². The summed E-state index contributed by atoms with van der Waals surface area (Å²) in [6.45, 7) is 3.66. The van der Waals surface area contributed by atoms with Gasteiger partial charge in [-0.1, -0.05) is 12.1 Å². The van der Waals surface area contributed by atoms with Gasteiger partial charge in [0.15, 0.2) is 11.5 Å². The van der Waals surface area contributed by atoms with E-state index in [4.69, 9.17) is 19.4 Å². The van der Waals surface area contributed by atoms with Crippen LogP contribution in [0.15, 0.2) is 53.4 Å². The van der Waals surface area contributed by atoms with Crippen molar-refractivity contribution in [3.63, 3.8) is 0 Å².